The summed E-state index contributed by atoms with van der Waals surface area (Å²) in [7, 11) is 6.56. The van der Waals surface area contributed by atoms with Crippen molar-refractivity contribution in [3.63, 3.8) is 0 Å². The number of hydrogen-bond donors (Lipinski definition) is 4. The van der Waals surface area contributed by atoms with Crippen LogP contribution in [0.25, 0.3) is 22.2 Å². The van der Waals surface area contributed by atoms with E-state index in [0.29, 0.717) is 203 Å². The summed E-state index contributed by atoms with van der Waals surface area (Å²) in [5, 5.41) is 14.7. The highest BCUT2D eigenvalue weighted by molar-refractivity contribution is 7.86. The van der Waals surface area contributed by atoms with Crippen LogP contribution < -0.4 is 49.6 Å². The normalized spacial score (nSPS) is 13.7. The first-order chi connectivity index (χ1) is 51.2. The Morgan fingerprint density at radius 1 is 0.689 bits per heavy atom. The molecule has 106 heavy (non-hydrogen) atoms. The van der Waals surface area contributed by atoms with Gasteiger partial charge in [-0.1, -0.05) is 18.6 Å². The smallest absolute Gasteiger partial charge is 0.328 e. The van der Waals surface area contributed by atoms with Gasteiger partial charge in [-0.25, -0.2) is 14.0 Å². The molecule has 27 heteroatoms. The van der Waals surface area contributed by atoms with Gasteiger partial charge in [-0.05, 0) is 133 Å². The predicted octanol–water partition coefficient (Wildman–Crippen LogP) is 10.5. The number of carbonyl (C=O) groups excluding carboxylic acids is 4. The number of amides is 1. The number of pyridine rings is 1. The third-order valence-electron chi connectivity index (χ3n) is 18.0. The topological polar surface area (TPSA) is 287 Å². The lowest BCUT2D eigenvalue weighted by molar-refractivity contribution is -0.122. The number of aromatic nitrogens is 3. The molecular weight excluding hydrogens is 1380 g/mol. The van der Waals surface area contributed by atoms with Crippen molar-refractivity contribution in [2.75, 3.05) is 168 Å². The molecule has 0 spiro atoms. The van der Waals surface area contributed by atoms with Gasteiger partial charge in [-0.3, -0.25) is 42.8 Å². The second-order valence-corrected chi connectivity index (χ2v) is 27.9. The molecule has 4 N–H and O–H groups in total. The van der Waals surface area contributed by atoms with E-state index in [0.717, 1.165) is 80.1 Å². The van der Waals surface area contributed by atoms with E-state index in [4.69, 9.17) is 57.8 Å². The number of hydrogen-bond acceptors (Lipinski definition) is 22. The highest BCUT2D eigenvalue weighted by Crippen LogP contribution is 2.39. The summed E-state index contributed by atoms with van der Waals surface area (Å²) in [6, 6.07) is 21.7. The molecule has 8 rings (SSSR count). The summed E-state index contributed by atoms with van der Waals surface area (Å²) in [5.74, 6) is 3.65. The van der Waals surface area contributed by atoms with Gasteiger partial charge in [0.05, 0.1) is 115 Å². The largest absolute Gasteiger partial charge is 0.493 e. The maximum Gasteiger partial charge on any atom is 0.328 e. The maximum absolute atomic E-state index is 13.9. The average Bonchev–Trinajstić information content (AvgIpc) is 1.63. The number of piperazine rings is 1. The number of methoxy groups -OCH3 is 2. The number of ether oxygens (including phenoxy) is 10. The second-order valence-electron chi connectivity index (χ2n) is 26.7. The lowest BCUT2D eigenvalue weighted by atomic mass is 9.88. The average molecular weight is 1490 g/mol. The second kappa shape index (κ2) is 43.1. The summed E-state index contributed by atoms with van der Waals surface area (Å²) in [6.07, 6.45) is 9.62. The van der Waals surface area contributed by atoms with Crippen molar-refractivity contribution in [3.8, 4) is 45.6 Å². The Morgan fingerprint density at radius 3 is 1.97 bits per heavy atom. The van der Waals surface area contributed by atoms with Crippen LogP contribution in [0.5, 0.6) is 34.5 Å². The first-order valence-corrected chi connectivity index (χ1v) is 37.8. The van der Waals surface area contributed by atoms with Crippen LogP contribution in [0.2, 0.25) is 0 Å². The Bertz CT molecular complexity index is 4050. The molecule has 3 heterocycles. The zero-order valence-electron chi connectivity index (χ0n) is 63.4. The molecule has 2 aromatic heterocycles. The zero-order chi connectivity index (χ0) is 75.9. The third kappa shape index (κ3) is 25.4. The monoisotopic (exact) mass is 1480 g/mol. The molecule has 0 bridgehead atoms. The van der Waals surface area contributed by atoms with Gasteiger partial charge in [0.1, 0.15) is 28.8 Å². The van der Waals surface area contributed by atoms with Gasteiger partial charge in [-0.15, -0.1) is 0 Å². The molecular formula is C79H108N10O16S. The van der Waals surface area contributed by atoms with Crippen molar-refractivity contribution in [2.45, 2.75) is 103 Å². The number of fused-ring (bicyclic) bond motifs is 1. The van der Waals surface area contributed by atoms with Gasteiger partial charge in [0.2, 0.25) is 5.91 Å². The van der Waals surface area contributed by atoms with Crippen molar-refractivity contribution in [1.82, 2.24) is 29.2 Å². The number of benzene rings is 4. The number of allylic oxidation sites excluding steroid dienone is 4. The number of aryl methyl sites for hydroxylation is 2. The van der Waals surface area contributed by atoms with Crippen molar-refractivity contribution in [3.05, 3.63) is 123 Å². The minimum Gasteiger partial charge on any atom is -0.493 e. The number of anilines is 3. The summed E-state index contributed by atoms with van der Waals surface area (Å²) < 4.78 is 77.7. The van der Waals surface area contributed by atoms with Crippen molar-refractivity contribution >= 4 is 68.7 Å². The molecule has 26 nitrogen and oxygen atoms in total. The first kappa shape index (κ1) is 82.8. The fourth-order valence-corrected chi connectivity index (χ4v) is 13.3. The Labute approximate surface area is 625 Å². The van der Waals surface area contributed by atoms with E-state index in [2.05, 4.69) is 25.2 Å². The van der Waals surface area contributed by atoms with E-state index >= 15 is 0 Å². The minimum absolute atomic E-state index is 0.0603. The number of Topliss-reactive ketones (excluding diaryl/α,β-unsaturated/α-hetero) is 3. The van der Waals surface area contributed by atoms with Crippen molar-refractivity contribution in [1.29, 1.82) is 5.41 Å². The number of carbonyl (C=O) groups is 4. The van der Waals surface area contributed by atoms with Crippen molar-refractivity contribution < 1.29 is 70.8 Å². The number of likely N-dealkylation sites (N-methyl/N-ethyl adjacent to an activating group) is 1. The molecule has 2 aliphatic rings. The molecule has 1 atom stereocenters. The van der Waals surface area contributed by atoms with Gasteiger partial charge >= 0.3 is 5.69 Å². The molecule has 1 aliphatic heterocycles. The third-order valence-corrected chi connectivity index (χ3v) is 19.1. The fourth-order valence-electron chi connectivity index (χ4n) is 12.4. The molecule has 576 valence electrons. The van der Waals surface area contributed by atoms with Crippen LogP contribution in [0.1, 0.15) is 108 Å². The van der Waals surface area contributed by atoms with Crippen LogP contribution >= 0.6 is 0 Å². The molecule has 6 aromatic rings. The Kier molecular flexibility index (Phi) is 33.7. The number of rotatable bonds is 49. The van der Waals surface area contributed by atoms with Gasteiger partial charge in [0.15, 0.2) is 39.8 Å². The Morgan fingerprint density at radius 2 is 1.34 bits per heavy atom. The SMILES string of the molecule is CCCOc1cc(OCCCCN(C)CC(=O)CCCOCCOCCOCCOCCOCCC(=O)NCCN2CCN(c3ccc(-c4cc(NC(C)C)c(C=N)c(C(=O)CCC5=C(C)C=C(C)CC5=O)c4)cn3)CC2)cc(Oc2cc3c(cc2NS(=O)c2ccc(OC)c(OC)c2)n(C)c(=O)n3C)c1. The maximum atomic E-state index is 13.9. The molecule has 1 aliphatic carbocycles. The fraction of sp³-hybridized carbons (Fsp3) is 0.506. The van der Waals surface area contributed by atoms with Gasteiger partial charge in [0.25, 0.3) is 0 Å². The Balaban J connectivity index is 0.607. The van der Waals surface area contributed by atoms with E-state index in [1.807, 2.05) is 89.2 Å². The molecule has 0 saturated carbocycles. The number of nitrogens with one attached hydrogen (secondary N) is 4. The lowest BCUT2D eigenvalue weighted by Crippen LogP contribution is -2.48. The standard InChI is InChI=1S/C79H108N10O16S/c1-11-30-103-61-46-62(48-63(47-61)105-75-51-71-70(86(7)79(94)87(71)8)50-69(75)84-106(95)64-17-20-74(96-9)76(49-64)97-10)104-32-13-12-24-85(6)54-60(90)15-14-31-98-34-36-100-38-40-102-41-39-101-37-35-99-33-22-78(93)81-23-25-88-26-28-89(29-27-88)77-21-16-58(53-82-77)59-44-66(67(52-80)68(45-59)83-55(2)3)72(91)19-18-65-57(5)42-56(4)43-73(65)92/h16-17,20-21,42,44-53,55,80,83-84H,11-15,18-19,22-41,43,54H2,1-10H3,(H,81,93). The molecule has 1 fully saturated rings. The number of ketones is 3. The summed E-state index contributed by atoms with van der Waals surface area (Å²) in [6.45, 7) is 20.4. The molecule has 1 saturated heterocycles. The van der Waals surface area contributed by atoms with Crippen LogP contribution in [-0.4, -0.2) is 217 Å². The minimum atomic E-state index is -1.77. The van der Waals surface area contributed by atoms with Crippen LogP contribution in [-0.2, 0) is 63.1 Å². The van der Waals surface area contributed by atoms with E-state index in [1.54, 1.807) is 56.6 Å². The summed E-state index contributed by atoms with van der Waals surface area (Å²) >= 11 is 0. The van der Waals surface area contributed by atoms with E-state index < -0.39 is 11.0 Å². The van der Waals surface area contributed by atoms with E-state index in [9.17, 15) is 28.2 Å². The number of nitrogens with zero attached hydrogens (tertiary/aromatic N) is 6. The molecule has 0 radical (unpaired) electrons. The highest BCUT2D eigenvalue weighted by atomic mass is 32.2. The molecule has 1 unspecified atom stereocenters. The van der Waals surface area contributed by atoms with Crippen LogP contribution in [0.4, 0.5) is 17.2 Å². The summed E-state index contributed by atoms with van der Waals surface area (Å²) in [5.41, 5.74) is 7.38. The van der Waals surface area contributed by atoms with Crippen LogP contribution in [0.15, 0.2) is 111 Å². The van der Waals surface area contributed by atoms with Crippen molar-refractivity contribution in [2.24, 2.45) is 14.1 Å². The quantitative estimate of drug-likeness (QED) is 0.0157. The summed E-state index contributed by atoms with van der Waals surface area (Å²) in [4.78, 5) is 76.9. The number of unbranched alkanes of at least 4 members (excludes halogenated alkanes) is 1. The highest BCUT2D eigenvalue weighted by Gasteiger charge is 2.25. The first-order valence-electron chi connectivity index (χ1n) is 36.6. The van der Waals surface area contributed by atoms with Crippen LogP contribution in [0.3, 0.4) is 0 Å². The van der Waals surface area contributed by atoms with Gasteiger partial charge < -0.3 is 68.3 Å². The molecule has 1 amide bonds. The molecule has 4 aromatic carbocycles. The Hall–Kier alpha value is -8.80. The lowest BCUT2D eigenvalue weighted by Gasteiger charge is -2.35. The number of imidazole rings is 1. The zero-order valence-corrected chi connectivity index (χ0v) is 64.2. The van der Waals surface area contributed by atoms with E-state index in [1.165, 1.54) is 29.6 Å². The van der Waals surface area contributed by atoms with Gasteiger partial charge in [0, 0.05) is 157 Å². The predicted molar refractivity (Wildman–Crippen MR) is 413 cm³/mol. The van der Waals surface area contributed by atoms with E-state index in [-0.39, 0.29) is 47.8 Å². The van der Waals surface area contributed by atoms with Gasteiger partial charge in [-0.2, -0.15) is 0 Å². The van der Waals surface area contributed by atoms with Crippen LogP contribution in [0, 0.1) is 5.41 Å².